The molecule has 0 aliphatic carbocycles. The van der Waals surface area contributed by atoms with Crippen LogP contribution in [0.2, 0.25) is 0 Å². The van der Waals surface area contributed by atoms with Crippen LogP contribution in [-0.2, 0) is 17.8 Å². The molecule has 1 aromatic heterocycles. The maximum absolute atomic E-state index is 12.6. The number of nitrogens with one attached hydrogen (secondary N) is 2. The number of aromatic nitrogens is 3. The van der Waals surface area contributed by atoms with Gasteiger partial charge in [-0.3, -0.25) is 4.79 Å². The van der Waals surface area contributed by atoms with Gasteiger partial charge in [0.1, 0.15) is 11.9 Å². The zero-order valence-electron chi connectivity index (χ0n) is 16.9. The summed E-state index contributed by atoms with van der Waals surface area (Å²) in [5.41, 5.74) is 2.93. The largest absolute Gasteiger partial charge is 0.374 e. The van der Waals surface area contributed by atoms with Crippen molar-refractivity contribution < 1.29 is 4.79 Å². The normalized spacial score (nSPS) is 14.1. The molecule has 30 heavy (non-hydrogen) atoms. The molecule has 1 aliphatic rings. The highest BCUT2D eigenvalue weighted by Crippen LogP contribution is 2.25. The molecule has 1 atom stereocenters. The minimum atomic E-state index is -0.457. The molecule has 0 saturated heterocycles. The first kappa shape index (κ1) is 19.6. The highest BCUT2D eigenvalue weighted by Gasteiger charge is 2.17. The maximum atomic E-state index is 12.6. The molecule has 0 saturated carbocycles. The van der Waals surface area contributed by atoms with Crippen LogP contribution in [0.15, 0.2) is 48.5 Å². The fourth-order valence-corrected chi connectivity index (χ4v) is 3.68. The topological polar surface area (TPSA) is 95.6 Å². The molecule has 0 radical (unpaired) electrons. The van der Waals surface area contributed by atoms with Crippen LogP contribution in [-0.4, -0.2) is 26.7 Å². The molecule has 0 fully saturated rings. The molecule has 1 amide bonds. The average Bonchev–Trinajstić information content (AvgIpc) is 3.02. The predicted octanol–water partition coefficient (Wildman–Crippen LogP) is 3.98. The number of hydrogen-bond donors (Lipinski definition) is 2. The number of nitrogens with zero attached hydrogens (tertiary/aromatic N) is 4. The van der Waals surface area contributed by atoms with E-state index in [1.807, 2.05) is 24.3 Å². The van der Waals surface area contributed by atoms with E-state index in [1.54, 1.807) is 31.2 Å². The molecule has 0 unspecified atom stereocenters. The van der Waals surface area contributed by atoms with E-state index in [0.717, 1.165) is 48.7 Å². The van der Waals surface area contributed by atoms with Crippen LogP contribution in [0.5, 0.6) is 0 Å². The summed E-state index contributed by atoms with van der Waals surface area (Å²) in [6.45, 7) is 2.75. The van der Waals surface area contributed by atoms with Crippen LogP contribution in [0.1, 0.15) is 37.6 Å². The second-order valence-electron chi connectivity index (χ2n) is 7.53. The van der Waals surface area contributed by atoms with Crippen LogP contribution >= 0.6 is 0 Å². The Morgan fingerprint density at radius 1 is 1.10 bits per heavy atom. The van der Waals surface area contributed by atoms with E-state index in [2.05, 4.69) is 31.5 Å². The van der Waals surface area contributed by atoms with E-state index < -0.39 is 6.04 Å². The van der Waals surface area contributed by atoms with Gasteiger partial charge in [0.2, 0.25) is 5.91 Å². The maximum Gasteiger partial charge on any atom is 0.246 e. The van der Waals surface area contributed by atoms with Crippen LogP contribution < -0.4 is 10.6 Å². The Morgan fingerprint density at radius 3 is 2.80 bits per heavy atom. The fraction of sp³-hybridized carbons (Fsp3) is 0.304. The van der Waals surface area contributed by atoms with E-state index >= 15 is 0 Å². The molecule has 0 spiro atoms. The first-order valence-electron chi connectivity index (χ1n) is 10.2. The van der Waals surface area contributed by atoms with Crippen molar-refractivity contribution in [3.63, 3.8) is 0 Å². The van der Waals surface area contributed by atoms with Gasteiger partial charge in [0.25, 0.3) is 0 Å². The average molecular weight is 400 g/mol. The number of carbonyl (C=O) groups is 1. The molecule has 2 heterocycles. The second-order valence-corrected chi connectivity index (χ2v) is 7.53. The van der Waals surface area contributed by atoms with Gasteiger partial charge in [-0.15, -0.1) is 10.2 Å². The van der Waals surface area contributed by atoms with Gasteiger partial charge < -0.3 is 15.2 Å². The number of benzene rings is 2. The van der Waals surface area contributed by atoms with Gasteiger partial charge >= 0.3 is 0 Å². The number of fused-ring (bicyclic) bond motifs is 1. The number of carbonyl (C=O) groups excluding carboxylic acids is 1. The highest BCUT2D eigenvalue weighted by atomic mass is 16.2. The third-order valence-electron chi connectivity index (χ3n) is 5.27. The number of nitriles is 1. The van der Waals surface area contributed by atoms with Gasteiger partial charge in [-0.25, -0.2) is 0 Å². The Morgan fingerprint density at radius 2 is 1.93 bits per heavy atom. The molecule has 0 bridgehead atoms. The Hall–Kier alpha value is -3.66. The summed E-state index contributed by atoms with van der Waals surface area (Å²) < 4.78 is 2.21. The lowest BCUT2D eigenvalue weighted by molar-refractivity contribution is -0.116. The van der Waals surface area contributed by atoms with Gasteiger partial charge in [0.05, 0.1) is 11.6 Å². The van der Waals surface area contributed by atoms with Crippen molar-refractivity contribution in [1.29, 1.82) is 5.26 Å². The molecule has 4 rings (SSSR count). The third-order valence-corrected chi connectivity index (χ3v) is 5.27. The summed E-state index contributed by atoms with van der Waals surface area (Å²) in [6.07, 6.45) is 4.48. The van der Waals surface area contributed by atoms with E-state index in [-0.39, 0.29) is 5.91 Å². The zero-order chi connectivity index (χ0) is 20.9. The van der Waals surface area contributed by atoms with Crippen LogP contribution in [0.3, 0.4) is 0 Å². The summed E-state index contributed by atoms with van der Waals surface area (Å²) in [6, 6.07) is 16.4. The van der Waals surface area contributed by atoms with Gasteiger partial charge in [-0.1, -0.05) is 24.6 Å². The van der Waals surface area contributed by atoms with E-state index in [0.29, 0.717) is 11.3 Å². The van der Waals surface area contributed by atoms with E-state index in [4.69, 9.17) is 5.26 Å². The smallest absolute Gasteiger partial charge is 0.246 e. The molecule has 3 aromatic rings. The minimum absolute atomic E-state index is 0.174. The second kappa shape index (κ2) is 8.78. The van der Waals surface area contributed by atoms with E-state index in [1.165, 1.54) is 6.42 Å². The summed E-state index contributed by atoms with van der Waals surface area (Å²) in [4.78, 5) is 12.6. The Bertz CT molecular complexity index is 1100. The van der Waals surface area contributed by atoms with E-state index in [9.17, 15) is 4.79 Å². The number of amides is 1. The third kappa shape index (κ3) is 4.33. The van der Waals surface area contributed by atoms with Gasteiger partial charge in [0, 0.05) is 29.9 Å². The summed E-state index contributed by atoms with van der Waals surface area (Å²) in [5, 5.41) is 23.9. The lowest BCUT2D eigenvalue weighted by Gasteiger charge is -2.16. The van der Waals surface area contributed by atoms with Gasteiger partial charge in [-0.05, 0) is 50.1 Å². The van der Waals surface area contributed by atoms with Crippen LogP contribution in [0, 0.1) is 11.3 Å². The monoisotopic (exact) mass is 400 g/mol. The Kier molecular flexibility index (Phi) is 5.75. The van der Waals surface area contributed by atoms with Crippen molar-refractivity contribution in [3.05, 3.63) is 59.9 Å². The molecule has 152 valence electrons. The highest BCUT2D eigenvalue weighted by molar-refractivity contribution is 5.96. The SMILES string of the molecule is C[C@H](Nc1cccc(-c2nnc3n2CCCCC3)c1)C(=O)Nc1cccc(C#N)c1. The van der Waals surface area contributed by atoms with Gasteiger partial charge in [-0.2, -0.15) is 5.26 Å². The number of aryl methyl sites for hydroxylation is 1. The first-order chi connectivity index (χ1) is 14.6. The summed E-state index contributed by atoms with van der Waals surface area (Å²) in [7, 11) is 0. The summed E-state index contributed by atoms with van der Waals surface area (Å²) >= 11 is 0. The van der Waals surface area contributed by atoms with Crippen LogP contribution in [0.4, 0.5) is 11.4 Å². The summed E-state index contributed by atoms with van der Waals surface area (Å²) in [5.74, 6) is 1.75. The number of rotatable bonds is 5. The molecule has 7 heteroatoms. The van der Waals surface area contributed by atoms with Crippen LogP contribution in [0.25, 0.3) is 11.4 Å². The molecule has 7 nitrogen and oxygen atoms in total. The van der Waals surface area contributed by atoms with Crippen molar-refractivity contribution in [2.24, 2.45) is 0 Å². The number of hydrogen-bond acceptors (Lipinski definition) is 5. The molecule has 1 aliphatic heterocycles. The molecular formula is C23H24N6O. The minimum Gasteiger partial charge on any atom is -0.374 e. The van der Waals surface area contributed by atoms with Gasteiger partial charge in [0.15, 0.2) is 5.82 Å². The van der Waals surface area contributed by atoms with Crippen molar-refractivity contribution in [2.75, 3.05) is 10.6 Å². The Labute approximate surface area is 175 Å². The molecule has 2 aromatic carbocycles. The molecular weight excluding hydrogens is 376 g/mol. The van der Waals surface area contributed by atoms with Crippen molar-refractivity contribution >= 4 is 17.3 Å². The Balaban J connectivity index is 1.47. The number of anilines is 2. The quantitative estimate of drug-likeness (QED) is 0.675. The zero-order valence-corrected chi connectivity index (χ0v) is 16.9. The first-order valence-corrected chi connectivity index (χ1v) is 10.2. The standard InChI is InChI=1S/C23H24N6O/c1-16(23(30)26-19-9-5-7-17(13-19)15-24)25-20-10-6-8-18(14-20)22-28-27-21-11-3-2-4-12-29(21)22/h5-10,13-14,16,25H,2-4,11-12H2,1H3,(H,26,30)/t16-/m0/s1. The fourth-order valence-electron chi connectivity index (χ4n) is 3.68. The molecule has 2 N–H and O–H groups in total. The van der Waals surface area contributed by atoms with Crippen molar-refractivity contribution in [2.45, 2.75) is 45.2 Å². The predicted molar refractivity (Wildman–Crippen MR) is 116 cm³/mol. The lowest BCUT2D eigenvalue weighted by atomic mass is 10.1. The van der Waals surface area contributed by atoms with Crippen molar-refractivity contribution in [3.8, 4) is 17.5 Å². The van der Waals surface area contributed by atoms with Crippen molar-refractivity contribution in [1.82, 2.24) is 14.8 Å². The lowest BCUT2D eigenvalue weighted by Crippen LogP contribution is -2.31.